The maximum absolute atomic E-state index is 12.8. The Morgan fingerprint density at radius 1 is 0.451 bits per heavy atom. The summed E-state index contributed by atoms with van der Waals surface area (Å²) in [7, 11) is 1.35. The maximum atomic E-state index is 12.8. The molecule has 0 radical (unpaired) electrons. The zero-order valence-electron chi connectivity index (χ0n) is 46.9. The van der Waals surface area contributed by atoms with Crippen LogP contribution in [-0.2, 0) is 27.9 Å². The van der Waals surface area contributed by atoms with Gasteiger partial charge in [0.2, 0.25) is 0 Å². The van der Waals surface area contributed by atoms with Crippen LogP contribution in [0.4, 0.5) is 0 Å². The van der Waals surface area contributed by atoms with Crippen molar-refractivity contribution < 1.29 is 37.3 Å². The second-order valence-electron chi connectivity index (χ2n) is 20.6. The summed E-state index contributed by atoms with van der Waals surface area (Å²) in [6, 6.07) is 0. The Bertz CT molecular complexity index is 1410. The highest BCUT2D eigenvalue weighted by atomic mass is 31.2. The predicted octanol–water partition coefficient (Wildman–Crippen LogP) is 18.1. The molecule has 0 aliphatic heterocycles. The minimum Gasteiger partial charge on any atom is -0.756 e. The Morgan fingerprint density at radius 2 is 0.817 bits per heavy atom. The molecule has 2 atom stereocenters. The molecule has 0 bridgehead atoms. The van der Waals surface area contributed by atoms with Crippen LogP contribution in [0.2, 0.25) is 0 Å². The number of phosphoric acid groups is 1. The fourth-order valence-electron chi connectivity index (χ4n) is 7.96. The Kier molecular flexibility index (Phi) is 52.2. The van der Waals surface area contributed by atoms with E-state index in [1.807, 2.05) is 21.1 Å². The van der Waals surface area contributed by atoms with Gasteiger partial charge in [-0.25, -0.2) is 0 Å². The van der Waals surface area contributed by atoms with E-state index in [0.717, 1.165) is 70.6 Å². The molecule has 71 heavy (non-hydrogen) atoms. The molecular formula is C62H112NO7P. The lowest BCUT2D eigenvalue weighted by atomic mass is 10.0. The van der Waals surface area contributed by atoms with Crippen molar-refractivity contribution in [2.45, 2.75) is 251 Å². The standard InChI is InChI=1S/C62H112NO7P/c1-6-8-10-12-14-16-18-20-22-24-26-28-30-31-32-34-36-38-40-42-44-46-48-50-52-54-57-67-59-61(60-69-71(65,66)68-58-56-63(3,4)5)70-62(64)55-53-51-49-47-45-43-41-39-37-35-33-29-27-25-23-21-19-17-15-13-11-9-7-2/h9,11,15,17-18,20-21,23-24,26-27,29-31,61H,6-8,10,12-14,16,19,22,25,28,32-60H2,1-5H3/b11-9-,17-15-,20-18-,23-21-,26-24-,29-27-,31-30-. The van der Waals surface area contributed by atoms with E-state index in [0.29, 0.717) is 24.1 Å². The van der Waals surface area contributed by atoms with Crippen molar-refractivity contribution in [3.8, 4) is 0 Å². The molecule has 2 unspecified atom stereocenters. The molecule has 0 aromatic carbocycles. The van der Waals surface area contributed by atoms with E-state index in [-0.39, 0.29) is 25.8 Å². The number of likely N-dealkylation sites (N-methyl/N-ethyl adjacent to an activating group) is 1. The number of quaternary nitrogens is 1. The largest absolute Gasteiger partial charge is 0.756 e. The zero-order valence-corrected chi connectivity index (χ0v) is 47.8. The third kappa shape index (κ3) is 58.4. The highest BCUT2D eigenvalue weighted by molar-refractivity contribution is 7.45. The molecule has 0 aliphatic rings. The van der Waals surface area contributed by atoms with Crippen LogP contribution in [0, 0.1) is 0 Å². The predicted molar refractivity (Wildman–Crippen MR) is 305 cm³/mol. The Balaban J connectivity index is 4.09. The molecule has 0 fully saturated rings. The first-order valence-electron chi connectivity index (χ1n) is 29.3. The van der Waals surface area contributed by atoms with E-state index < -0.39 is 13.9 Å². The number of allylic oxidation sites excluding steroid dienone is 14. The Hall–Kier alpha value is -2.32. The summed E-state index contributed by atoms with van der Waals surface area (Å²) < 4.78 is 34.9. The molecule has 0 saturated carbocycles. The van der Waals surface area contributed by atoms with Crippen LogP contribution in [0.3, 0.4) is 0 Å². The fraction of sp³-hybridized carbons (Fsp3) is 0.758. The van der Waals surface area contributed by atoms with Gasteiger partial charge in [0, 0.05) is 13.0 Å². The minimum atomic E-state index is -4.54. The fourth-order valence-corrected chi connectivity index (χ4v) is 8.69. The Labute approximate surface area is 439 Å². The number of carbonyl (C=O) groups is 1. The van der Waals surface area contributed by atoms with Gasteiger partial charge in [0.15, 0.2) is 0 Å². The van der Waals surface area contributed by atoms with E-state index in [1.54, 1.807) is 0 Å². The average Bonchev–Trinajstić information content (AvgIpc) is 3.33. The summed E-state index contributed by atoms with van der Waals surface area (Å²) in [4.78, 5) is 25.3. The second-order valence-corrected chi connectivity index (χ2v) is 22.0. The van der Waals surface area contributed by atoms with Gasteiger partial charge in [0.25, 0.3) is 7.82 Å². The van der Waals surface area contributed by atoms with Gasteiger partial charge in [0.05, 0.1) is 34.4 Å². The molecule has 412 valence electrons. The first-order valence-corrected chi connectivity index (χ1v) is 30.8. The molecule has 0 amide bonds. The van der Waals surface area contributed by atoms with Crippen molar-refractivity contribution >= 4 is 13.8 Å². The molecule has 0 spiro atoms. The number of hydrogen-bond acceptors (Lipinski definition) is 7. The van der Waals surface area contributed by atoms with Gasteiger partial charge in [-0.15, -0.1) is 0 Å². The van der Waals surface area contributed by atoms with Gasteiger partial charge in [-0.2, -0.15) is 0 Å². The van der Waals surface area contributed by atoms with Crippen LogP contribution in [-0.4, -0.2) is 70.7 Å². The van der Waals surface area contributed by atoms with Crippen LogP contribution in [0.1, 0.15) is 245 Å². The first kappa shape index (κ1) is 68.7. The number of nitrogens with zero attached hydrogens (tertiary/aromatic N) is 1. The van der Waals surface area contributed by atoms with Crippen LogP contribution in [0.25, 0.3) is 0 Å². The summed E-state index contributed by atoms with van der Waals surface area (Å²) in [5.41, 5.74) is 0. The molecule has 0 saturated heterocycles. The maximum Gasteiger partial charge on any atom is 0.306 e. The van der Waals surface area contributed by atoms with Crippen LogP contribution in [0.5, 0.6) is 0 Å². The van der Waals surface area contributed by atoms with E-state index in [2.05, 4.69) is 98.9 Å². The molecule has 9 heteroatoms. The van der Waals surface area contributed by atoms with Gasteiger partial charge in [-0.3, -0.25) is 9.36 Å². The summed E-state index contributed by atoms with van der Waals surface area (Å²) in [6.45, 7) is 5.29. The molecule has 0 aliphatic carbocycles. The second kappa shape index (κ2) is 54.0. The smallest absolute Gasteiger partial charge is 0.306 e. The van der Waals surface area contributed by atoms with E-state index in [1.165, 1.54) is 154 Å². The summed E-state index contributed by atoms with van der Waals surface area (Å²) >= 11 is 0. The minimum absolute atomic E-state index is 0.0211. The summed E-state index contributed by atoms with van der Waals surface area (Å²) in [5, 5.41) is 0. The van der Waals surface area contributed by atoms with Crippen LogP contribution < -0.4 is 4.89 Å². The van der Waals surface area contributed by atoms with Crippen molar-refractivity contribution in [2.75, 3.05) is 54.1 Å². The zero-order chi connectivity index (χ0) is 51.9. The van der Waals surface area contributed by atoms with Crippen molar-refractivity contribution in [3.63, 3.8) is 0 Å². The quantitative estimate of drug-likeness (QED) is 0.0197. The first-order chi connectivity index (χ1) is 34.6. The van der Waals surface area contributed by atoms with Gasteiger partial charge in [-0.1, -0.05) is 234 Å². The molecule has 0 heterocycles. The van der Waals surface area contributed by atoms with E-state index in [4.69, 9.17) is 18.5 Å². The third-order valence-electron chi connectivity index (χ3n) is 12.4. The number of rotatable bonds is 54. The van der Waals surface area contributed by atoms with Crippen molar-refractivity contribution in [1.82, 2.24) is 0 Å². The molecule has 8 nitrogen and oxygen atoms in total. The van der Waals surface area contributed by atoms with Crippen LogP contribution >= 0.6 is 7.82 Å². The molecule has 0 aromatic heterocycles. The van der Waals surface area contributed by atoms with E-state index in [9.17, 15) is 14.3 Å². The number of esters is 1. The van der Waals surface area contributed by atoms with Crippen molar-refractivity contribution in [2.24, 2.45) is 0 Å². The topological polar surface area (TPSA) is 94.1 Å². The van der Waals surface area contributed by atoms with Gasteiger partial charge in [0.1, 0.15) is 19.3 Å². The lowest BCUT2D eigenvalue weighted by Crippen LogP contribution is -2.37. The third-order valence-corrected chi connectivity index (χ3v) is 13.4. The van der Waals surface area contributed by atoms with Gasteiger partial charge in [-0.05, 0) is 89.9 Å². The molecule has 0 rings (SSSR count). The summed E-state index contributed by atoms with van der Waals surface area (Å²) in [5.74, 6) is -0.340. The lowest BCUT2D eigenvalue weighted by Gasteiger charge is -2.28. The summed E-state index contributed by atoms with van der Waals surface area (Å²) in [6.07, 6.45) is 73.4. The molecule has 0 aromatic rings. The highest BCUT2D eigenvalue weighted by Gasteiger charge is 2.20. The number of ether oxygens (including phenoxy) is 2. The molecule has 0 N–H and O–H groups in total. The normalized spacial score (nSPS) is 14.1. The number of hydrogen-bond donors (Lipinski definition) is 0. The number of unbranched alkanes of at least 4 members (excludes halogenated alkanes) is 26. The monoisotopic (exact) mass is 1010 g/mol. The lowest BCUT2D eigenvalue weighted by molar-refractivity contribution is -0.870. The SMILES string of the molecule is CC/C=C\C/C=C\C/C=C\C/C=C\CCCCCCCCCCCCC(=O)OC(COCCCCCCCCCCCCC/C=C\C/C=C\C/C=C\CCCCCCC)COP(=O)([O-])OCC[N+](C)(C)C. The van der Waals surface area contributed by atoms with Crippen molar-refractivity contribution in [1.29, 1.82) is 0 Å². The van der Waals surface area contributed by atoms with Gasteiger partial charge < -0.3 is 27.9 Å². The Morgan fingerprint density at radius 3 is 1.23 bits per heavy atom. The van der Waals surface area contributed by atoms with E-state index >= 15 is 0 Å². The highest BCUT2D eigenvalue weighted by Crippen LogP contribution is 2.38. The van der Waals surface area contributed by atoms with Gasteiger partial charge >= 0.3 is 5.97 Å². The number of phosphoric ester groups is 1. The van der Waals surface area contributed by atoms with Crippen molar-refractivity contribution in [3.05, 3.63) is 85.1 Å². The molecular weight excluding hydrogens is 902 g/mol. The number of carbonyl (C=O) groups excluding carboxylic acids is 1. The average molecular weight is 1010 g/mol. The van der Waals surface area contributed by atoms with Crippen LogP contribution in [0.15, 0.2) is 85.1 Å².